The molecule has 4 aromatic rings. The Morgan fingerprint density at radius 1 is 0.755 bits per heavy atom. The maximum Gasteiger partial charge on any atom is 0.332 e. The quantitative estimate of drug-likeness (QED) is 0.135. The van der Waals surface area contributed by atoms with Crippen molar-refractivity contribution >= 4 is 34.9 Å². The second-order valence-corrected chi connectivity index (χ2v) is 14.7. The van der Waals surface area contributed by atoms with E-state index in [-0.39, 0.29) is 23.3 Å². The first-order valence-corrected chi connectivity index (χ1v) is 17.4. The van der Waals surface area contributed by atoms with Gasteiger partial charge in [-0.05, 0) is 93.3 Å². The van der Waals surface area contributed by atoms with Crippen molar-refractivity contribution in [2.24, 2.45) is 5.41 Å². The van der Waals surface area contributed by atoms with Gasteiger partial charge in [0.1, 0.15) is 17.0 Å². The highest BCUT2D eigenvalue weighted by atomic mass is 16.5. The maximum atomic E-state index is 13.1. The molecule has 0 N–H and O–H groups in total. The van der Waals surface area contributed by atoms with Gasteiger partial charge in [0.2, 0.25) is 0 Å². The molecule has 2 heterocycles. The lowest BCUT2D eigenvalue weighted by Gasteiger charge is -2.27. The van der Waals surface area contributed by atoms with Crippen LogP contribution in [0.2, 0.25) is 0 Å². The summed E-state index contributed by atoms with van der Waals surface area (Å²) in [6, 6.07) is 25.7. The van der Waals surface area contributed by atoms with Crippen LogP contribution in [-0.2, 0) is 22.7 Å². The van der Waals surface area contributed by atoms with Gasteiger partial charge in [-0.3, -0.25) is 9.59 Å². The number of anilines is 1. The van der Waals surface area contributed by atoms with E-state index in [9.17, 15) is 14.4 Å². The summed E-state index contributed by atoms with van der Waals surface area (Å²) in [5.74, 6) is 1.15. The van der Waals surface area contributed by atoms with Gasteiger partial charge in [0.05, 0.1) is 25.9 Å². The van der Waals surface area contributed by atoms with Crippen LogP contribution in [0.4, 0.5) is 21.9 Å². The van der Waals surface area contributed by atoms with Gasteiger partial charge in [-0.25, -0.2) is 19.4 Å². The molecule has 0 spiro atoms. The number of methoxy groups -OCH3 is 1. The van der Waals surface area contributed by atoms with E-state index in [1.54, 1.807) is 63.1 Å². The molecule has 2 aliphatic heterocycles. The van der Waals surface area contributed by atoms with Crippen molar-refractivity contribution in [3.8, 4) is 11.5 Å². The SMILES string of the molecule is [C-]#[N+]c1ccc(N2C(=O)N(Cc3cccc(C)c3)C(C)(C)C2=O)cc1C.[C-]#[N+]c1ccc(O[C@H]2C(=O)N(Cc3ccc(OC)cc3)CC2(C)C)cc1C. The molecule has 272 valence electrons. The van der Waals surface area contributed by atoms with Crippen LogP contribution in [-0.4, -0.2) is 52.9 Å². The van der Waals surface area contributed by atoms with Crippen LogP contribution in [0.1, 0.15) is 55.5 Å². The zero-order valence-corrected chi connectivity index (χ0v) is 31.6. The number of rotatable bonds is 8. The summed E-state index contributed by atoms with van der Waals surface area (Å²) < 4.78 is 11.3. The number of urea groups is 1. The van der Waals surface area contributed by atoms with Gasteiger partial charge >= 0.3 is 6.03 Å². The van der Waals surface area contributed by atoms with Gasteiger partial charge < -0.3 is 19.3 Å². The predicted octanol–water partition coefficient (Wildman–Crippen LogP) is 8.97. The van der Waals surface area contributed by atoms with E-state index in [2.05, 4.69) is 9.69 Å². The van der Waals surface area contributed by atoms with Gasteiger partial charge in [0.15, 0.2) is 17.5 Å². The maximum absolute atomic E-state index is 13.1. The smallest absolute Gasteiger partial charge is 0.332 e. The van der Waals surface area contributed by atoms with Crippen molar-refractivity contribution in [2.75, 3.05) is 18.6 Å². The summed E-state index contributed by atoms with van der Waals surface area (Å²) in [5.41, 5.74) is 5.12. The topological polar surface area (TPSA) is 88.1 Å². The number of hydrogen-bond acceptors (Lipinski definition) is 5. The van der Waals surface area contributed by atoms with Gasteiger partial charge in [0.25, 0.3) is 11.8 Å². The summed E-state index contributed by atoms with van der Waals surface area (Å²) in [6.45, 7) is 29.1. The molecule has 1 atom stereocenters. The van der Waals surface area contributed by atoms with Crippen LogP contribution >= 0.6 is 0 Å². The third-order valence-corrected chi connectivity index (χ3v) is 9.72. The lowest BCUT2D eigenvalue weighted by molar-refractivity contribution is -0.135. The normalized spacial score (nSPS) is 17.2. The number of nitrogens with zero attached hydrogens (tertiary/aromatic N) is 5. The Balaban J connectivity index is 0.000000204. The van der Waals surface area contributed by atoms with Gasteiger partial charge in [0, 0.05) is 25.0 Å². The second-order valence-electron chi connectivity index (χ2n) is 14.7. The zero-order valence-electron chi connectivity index (χ0n) is 31.6. The summed E-state index contributed by atoms with van der Waals surface area (Å²) in [4.78, 5) is 50.6. The minimum Gasteiger partial charge on any atom is -0.497 e. The number of carbonyl (C=O) groups is 3. The van der Waals surface area contributed by atoms with E-state index in [4.69, 9.17) is 22.6 Å². The fraction of sp³-hybridized carbons (Fsp3) is 0.326. The molecule has 53 heavy (non-hydrogen) atoms. The van der Waals surface area contributed by atoms with Crippen molar-refractivity contribution in [2.45, 2.75) is 73.2 Å². The first-order valence-electron chi connectivity index (χ1n) is 17.4. The third kappa shape index (κ3) is 8.03. The van der Waals surface area contributed by atoms with E-state index in [0.29, 0.717) is 42.4 Å². The number of likely N-dealkylation sites (tertiary alicyclic amines) is 1. The number of imide groups is 1. The molecule has 2 fully saturated rings. The van der Waals surface area contributed by atoms with Gasteiger partial charge in [-0.15, -0.1) is 0 Å². The number of carbonyl (C=O) groups excluding carboxylic acids is 3. The lowest BCUT2D eigenvalue weighted by atomic mass is 9.89. The highest BCUT2D eigenvalue weighted by molar-refractivity contribution is 6.23. The standard InChI is InChI=1S/C22H24N2O3.C21H21N3O2/c1-15-12-18(10-11-19(15)23-4)27-20-21(25)24(14-22(20,2)3)13-16-6-8-17(26-5)9-7-16;1-14-7-6-8-16(11-14)13-23-20(26)24(19(25)21(23,3)4)17-9-10-18(22-5)15(2)12-17/h6-12,20H,13-14H2,1-3,5H3;6-12H,13H2,1-4H3/t20-;/m0./s1. The molecule has 0 aliphatic carbocycles. The molecule has 4 aromatic carbocycles. The lowest BCUT2D eigenvalue weighted by Crippen LogP contribution is -2.43. The Kier molecular flexibility index (Phi) is 11.0. The third-order valence-electron chi connectivity index (χ3n) is 9.72. The van der Waals surface area contributed by atoms with E-state index in [1.807, 2.05) is 87.2 Å². The minimum atomic E-state index is -0.937. The highest BCUT2D eigenvalue weighted by Crippen LogP contribution is 2.37. The highest BCUT2D eigenvalue weighted by Gasteiger charge is 2.52. The molecule has 0 aromatic heterocycles. The monoisotopic (exact) mass is 711 g/mol. The molecule has 0 radical (unpaired) electrons. The van der Waals surface area contributed by atoms with Gasteiger partial charge in [-0.2, -0.15) is 0 Å². The second kappa shape index (κ2) is 15.2. The van der Waals surface area contributed by atoms with Crippen molar-refractivity contribution in [3.63, 3.8) is 0 Å². The van der Waals surface area contributed by atoms with Crippen LogP contribution in [0.25, 0.3) is 9.69 Å². The average Bonchev–Trinajstić information content (AvgIpc) is 3.43. The molecule has 0 unspecified atom stereocenters. The molecule has 0 saturated carbocycles. The summed E-state index contributed by atoms with van der Waals surface area (Å²) in [7, 11) is 1.63. The largest absolute Gasteiger partial charge is 0.497 e. The van der Waals surface area contributed by atoms with Crippen LogP contribution in [0.3, 0.4) is 0 Å². The van der Waals surface area contributed by atoms with Crippen LogP contribution in [0.15, 0.2) is 84.9 Å². The van der Waals surface area contributed by atoms with Gasteiger partial charge in [-0.1, -0.05) is 67.9 Å². The van der Waals surface area contributed by atoms with E-state index < -0.39 is 11.6 Å². The first kappa shape index (κ1) is 38.1. The van der Waals surface area contributed by atoms with E-state index >= 15 is 0 Å². The van der Waals surface area contributed by atoms with Crippen molar-refractivity contribution in [3.05, 3.63) is 136 Å². The summed E-state index contributed by atoms with van der Waals surface area (Å²) in [5, 5.41) is 0. The number of ether oxygens (including phenoxy) is 2. The minimum absolute atomic E-state index is 0.0114. The fourth-order valence-electron chi connectivity index (χ4n) is 6.64. The molecule has 4 amide bonds. The Labute approximate surface area is 312 Å². The fourth-order valence-corrected chi connectivity index (χ4v) is 6.64. The molecular weight excluding hydrogens is 667 g/mol. The first-order chi connectivity index (χ1) is 25.1. The Morgan fingerprint density at radius 2 is 1.38 bits per heavy atom. The Bertz CT molecular complexity index is 2130. The summed E-state index contributed by atoms with van der Waals surface area (Å²) >= 11 is 0. The zero-order chi connectivity index (χ0) is 38.7. The van der Waals surface area contributed by atoms with Crippen molar-refractivity contribution < 1.29 is 23.9 Å². The van der Waals surface area contributed by atoms with E-state index in [0.717, 1.165) is 33.6 Å². The van der Waals surface area contributed by atoms with Crippen molar-refractivity contribution in [1.29, 1.82) is 0 Å². The van der Waals surface area contributed by atoms with Crippen molar-refractivity contribution in [1.82, 2.24) is 9.80 Å². The van der Waals surface area contributed by atoms with Crippen LogP contribution in [0, 0.1) is 39.3 Å². The summed E-state index contributed by atoms with van der Waals surface area (Å²) in [6.07, 6.45) is -0.547. The number of benzene rings is 4. The molecule has 10 nitrogen and oxygen atoms in total. The average molecular weight is 712 g/mol. The predicted molar refractivity (Wildman–Crippen MR) is 205 cm³/mol. The molecule has 6 rings (SSSR count). The van der Waals surface area contributed by atoms with Crippen LogP contribution in [0.5, 0.6) is 11.5 Å². The van der Waals surface area contributed by atoms with E-state index in [1.165, 1.54) is 4.90 Å². The number of aryl methyl sites for hydroxylation is 3. The molecule has 2 saturated heterocycles. The molecular formula is C43H45N5O5. The Hall–Kier alpha value is -6.13. The molecule has 2 aliphatic rings. The number of amides is 4. The number of hydrogen-bond donors (Lipinski definition) is 0. The molecule has 10 heteroatoms. The molecule has 0 bridgehead atoms. The van der Waals surface area contributed by atoms with Crippen LogP contribution < -0.4 is 14.4 Å². The Morgan fingerprint density at radius 3 is 1.96 bits per heavy atom.